The first-order valence-corrected chi connectivity index (χ1v) is 9.29. The number of hydrogen-bond acceptors (Lipinski definition) is 4. The maximum absolute atomic E-state index is 12.4. The number of aryl methyl sites for hydroxylation is 2. The van der Waals surface area contributed by atoms with Gasteiger partial charge < -0.3 is 4.57 Å². The average Bonchev–Trinajstić information content (AvgIpc) is 3.08. The van der Waals surface area contributed by atoms with E-state index in [0.29, 0.717) is 18.5 Å². The maximum Gasteiger partial charge on any atom is 0.240 e. The van der Waals surface area contributed by atoms with Gasteiger partial charge in [0.15, 0.2) is 0 Å². The molecule has 0 saturated carbocycles. The minimum absolute atomic E-state index is 0.254. The number of rotatable bonds is 5. The molecule has 2 aromatic heterocycles. The SMILES string of the molecule is Cc1nc2cc(S(=O)(=O)NCCc3cccs3)ccc2n1C. The summed E-state index contributed by atoms with van der Waals surface area (Å²) >= 11 is 1.63. The smallest absolute Gasteiger partial charge is 0.240 e. The molecule has 0 bridgehead atoms. The van der Waals surface area contributed by atoms with Gasteiger partial charge in [0.25, 0.3) is 0 Å². The topological polar surface area (TPSA) is 64.0 Å². The molecule has 0 aliphatic rings. The summed E-state index contributed by atoms with van der Waals surface area (Å²) in [5.74, 6) is 0.857. The Morgan fingerprint density at radius 2 is 2.14 bits per heavy atom. The maximum atomic E-state index is 12.4. The molecule has 116 valence electrons. The number of nitrogens with one attached hydrogen (secondary N) is 1. The highest BCUT2D eigenvalue weighted by molar-refractivity contribution is 7.89. The van der Waals surface area contributed by atoms with E-state index in [0.717, 1.165) is 11.3 Å². The van der Waals surface area contributed by atoms with E-state index in [-0.39, 0.29) is 4.90 Å². The molecule has 0 saturated heterocycles. The zero-order valence-electron chi connectivity index (χ0n) is 12.4. The molecule has 0 aliphatic carbocycles. The zero-order valence-corrected chi connectivity index (χ0v) is 14.0. The fraction of sp³-hybridized carbons (Fsp3) is 0.267. The van der Waals surface area contributed by atoms with Gasteiger partial charge in [-0.05, 0) is 43.0 Å². The molecule has 7 heteroatoms. The number of benzene rings is 1. The summed E-state index contributed by atoms with van der Waals surface area (Å²) in [5, 5.41) is 1.99. The van der Waals surface area contributed by atoms with Crippen molar-refractivity contribution in [1.29, 1.82) is 0 Å². The van der Waals surface area contributed by atoms with E-state index in [1.54, 1.807) is 29.5 Å². The lowest BCUT2D eigenvalue weighted by Crippen LogP contribution is -2.25. The van der Waals surface area contributed by atoms with Crippen LogP contribution < -0.4 is 4.72 Å². The van der Waals surface area contributed by atoms with E-state index in [9.17, 15) is 8.42 Å². The van der Waals surface area contributed by atoms with Crippen molar-refractivity contribution in [3.8, 4) is 0 Å². The Labute approximate surface area is 133 Å². The summed E-state index contributed by atoms with van der Waals surface area (Å²) in [4.78, 5) is 5.80. The van der Waals surface area contributed by atoms with Gasteiger partial charge in [-0.25, -0.2) is 18.1 Å². The van der Waals surface area contributed by atoms with Crippen LogP contribution in [0.1, 0.15) is 10.7 Å². The second kappa shape index (κ2) is 5.83. The second-order valence-electron chi connectivity index (χ2n) is 5.10. The van der Waals surface area contributed by atoms with Crippen molar-refractivity contribution in [2.24, 2.45) is 7.05 Å². The molecule has 1 N–H and O–H groups in total. The average molecular weight is 335 g/mol. The van der Waals surface area contributed by atoms with Crippen LogP contribution in [0.5, 0.6) is 0 Å². The Morgan fingerprint density at radius 3 is 2.86 bits per heavy atom. The zero-order chi connectivity index (χ0) is 15.7. The third-order valence-corrected chi connectivity index (χ3v) is 6.02. The highest BCUT2D eigenvalue weighted by Crippen LogP contribution is 2.19. The van der Waals surface area contributed by atoms with Crippen LogP contribution in [-0.4, -0.2) is 24.5 Å². The normalized spacial score (nSPS) is 12.1. The first-order valence-electron chi connectivity index (χ1n) is 6.92. The largest absolute Gasteiger partial charge is 0.331 e. The van der Waals surface area contributed by atoms with Crippen molar-refractivity contribution in [2.45, 2.75) is 18.2 Å². The Kier molecular flexibility index (Phi) is 4.03. The summed E-state index contributed by atoms with van der Waals surface area (Å²) in [5.41, 5.74) is 1.62. The summed E-state index contributed by atoms with van der Waals surface area (Å²) in [7, 11) is -1.59. The third-order valence-electron chi connectivity index (χ3n) is 3.63. The molecular weight excluding hydrogens is 318 g/mol. The lowest BCUT2D eigenvalue weighted by Gasteiger charge is -2.06. The van der Waals surface area contributed by atoms with Crippen molar-refractivity contribution in [1.82, 2.24) is 14.3 Å². The fourth-order valence-corrected chi connectivity index (χ4v) is 4.07. The standard InChI is InChI=1S/C15H17N3O2S2/c1-11-17-14-10-13(5-6-15(14)18(11)2)22(19,20)16-8-7-12-4-3-9-21-12/h3-6,9-10,16H,7-8H2,1-2H3. The number of hydrogen-bond donors (Lipinski definition) is 1. The van der Waals surface area contributed by atoms with Gasteiger partial charge in [0, 0.05) is 18.5 Å². The second-order valence-corrected chi connectivity index (χ2v) is 7.89. The van der Waals surface area contributed by atoms with Gasteiger partial charge in [0.05, 0.1) is 15.9 Å². The van der Waals surface area contributed by atoms with E-state index in [4.69, 9.17) is 0 Å². The molecule has 0 aliphatic heterocycles. The molecule has 2 heterocycles. The first-order chi connectivity index (χ1) is 10.5. The van der Waals surface area contributed by atoms with Crippen LogP contribution in [0.2, 0.25) is 0 Å². The van der Waals surface area contributed by atoms with Crippen molar-refractivity contribution in [3.63, 3.8) is 0 Å². The molecule has 0 atom stereocenters. The lowest BCUT2D eigenvalue weighted by molar-refractivity contribution is 0.582. The van der Waals surface area contributed by atoms with Crippen molar-refractivity contribution in [3.05, 3.63) is 46.4 Å². The predicted molar refractivity (Wildman–Crippen MR) is 88.7 cm³/mol. The number of nitrogens with zero attached hydrogens (tertiary/aromatic N) is 2. The summed E-state index contributed by atoms with van der Waals surface area (Å²) in [6.07, 6.45) is 0.696. The van der Waals surface area contributed by atoms with E-state index in [1.165, 1.54) is 4.88 Å². The van der Waals surface area contributed by atoms with Crippen molar-refractivity contribution in [2.75, 3.05) is 6.54 Å². The van der Waals surface area contributed by atoms with Gasteiger partial charge in [-0.1, -0.05) is 6.07 Å². The minimum atomic E-state index is -3.50. The lowest BCUT2D eigenvalue weighted by atomic mass is 10.3. The fourth-order valence-electron chi connectivity index (χ4n) is 2.31. The third kappa shape index (κ3) is 2.92. The Balaban J connectivity index is 1.79. The minimum Gasteiger partial charge on any atom is -0.331 e. The first kappa shape index (κ1) is 15.2. The molecule has 22 heavy (non-hydrogen) atoms. The molecule has 0 spiro atoms. The summed E-state index contributed by atoms with van der Waals surface area (Å²) in [6.45, 7) is 2.29. The molecular formula is C15H17N3O2S2. The molecule has 0 radical (unpaired) electrons. The molecule has 3 rings (SSSR count). The summed E-state index contributed by atoms with van der Waals surface area (Å²) in [6, 6.07) is 9.00. The monoisotopic (exact) mass is 335 g/mol. The van der Waals surface area contributed by atoms with Gasteiger partial charge in [0.1, 0.15) is 5.82 Å². The van der Waals surface area contributed by atoms with Gasteiger partial charge in [-0.2, -0.15) is 0 Å². The molecule has 0 amide bonds. The number of imidazole rings is 1. The van der Waals surface area contributed by atoms with Crippen LogP contribution in [0.25, 0.3) is 11.0 Å². The van der Waals surface area contributed by atoms with E-state index in [2.05, 4.69) is 9.71 Å². The predicted octanol–water partition coefficient (Wildman–Crippen LogP) is 2.46. The quantitative estimate of drug-likeness (QED) is 0.779. The van der Waals surface area contributed by atoms with Crippen LogP contribution in [0.15, 0.2) is 40.6 Å². The Bertz CT molecular complexity index is 896. The van der Waals surface area contributed by atoms with Crippen LogP contribution >= 0.6 is 11.3 Å². The van der Waals surface area contributed by atoms with Crippen molar-refractivity contribution >= 4 is 32.4 Å². The molecule has 3 aromatic rings. The highest BCUT2D eigenvalue weighted by atomic mass is 32.2. The van der Waals surface area contributed by atoms with Gasteiger partial charge in [0.2, 0.25) is 10.0 Å². The van der Waals surface area contributed by atoms with Gasteiger partial charge >= 0.3 is 0 Å². The summed E-state index contributed by atoms with van der Waals surface area (Å²) < 4.78 is 29.3. The number of thiophene rings is 1. The van der Waals surface area contributed by atoms with E-state index < -0.39 is 10.0 Å². The van der Waals surface area contributed by atoms with Crippen LogP contribution in [0.3, 0.4) is 0 Å². The number of sulfonamides is 1. The highest BCUT2D eigenvalue weighted by Gasteiger charge is 2.15. The van der Waals surface area contributed by atoms with Crippen LogP contribution in [0, 0.1) is 6.92 Å². The molecule has 0 fully saturated rings. The van der Waals surface area contributed by atoms with E-state index in [1.807, 2.05) is 36.1 Å². The van der Waals surface area contributed by atoms with Crippen molar-refractivity contribution < 1.29 is 8.42 Å². The van der Waals surface area contributed by atoms with Gasteiger partial charge in [-0.3, -0.25) is 0 Å². The molecule has 5 nitrogen and oxygen atoms in total. The van der Waals surface area contributed by atoms with Crippen LogP contribution in [0.4, 0.5) is 0 Å². The van der Waals surface area contributed by atoms with Gasteiger partial charge in [-0.15, -0.1) is 11.3 Å². The Hall–Kier alpha value is -1.70. The number of fused-ring (bicyclic) bond motifs is 1. The van der Waals surface area contributed by atoms with E-state index >= 15 is 0 Å². The van der Waals surface area contributed by atoms with Crippen LogP contribution in [-0.2, 0) is 23.5 Å². The molecule has 0 unspecified atom stereocenters. The molecule has 1 aromatic carbocycles. The Morgan fingerprint density at radius 1 is 1.32 bits per heavy atom. The number of aromatic nitrogens is 2.